The molecule has 0 aliphatic rings. The fourth-order valence-electron chi connectivity index (χ4n) is 1.99. The molecule has 5 nitrogen and oxygen atoms in total. The van der Waals surface area contributed by atoms with E-state index in [-0.39, 0.29) is 16.5 Å². The minimum atomic E-state index is -1.15. The summed E-state index contributed by atoms with van der Waals surface area (Å²) in [5.74, 6) is -0.464. The number of anilines is 1. The molecule has 0 aliphatic heterocycles. The van der Waals surface area contributed by atoms with Crippen molar-refractivity contribution in [3.05, 3.63) is 58.1 Å². The zero-order valence-electron chi connectivity index (χ0n) is 13.9. The third-order valence-electron chi connectivity index (χ3n) is 3.36. The van der Waals surface area contributed by atoms with Gasteiger partial charge in [-0.1, -0.05) is 23.2 Å². The van der Waals surface area contributed by atoms with Crippen molar-refractivity contribution in [3.63, 3.8) is 0 Å². The highest BCUT2D eigenvalue weighted by Crippen LogP contribution is 2.24. The molecule has 7 heteroatoms. The first-order valence-corrected chi connectivity index (χ1v) is 8.12. The molecule has 2 aromatic carbocycles. The van der Waals surface area contributed by atoms with Crippen LogP contribution < -0.4 is 10.1 Å². The van der Waals surface area contributed by atoms with E-state index in [9.17, 15) is 9.59 Å². The lowest BCUT2D eigenvalue weighted by atomic mass is 10.1. The first-order chi connectivity index (χ1) is 11.7. The molecule has 1 amide bonds. The smallest absolute Gasteiger partial charge is 0.339 e. The van der Waals surface area contributed by atoms with Crippen molar-refractivity contribution in [1.29, 1.82) is 0 Å². The molecule has 0 saturated carbocycles. The summed E-state index contributed by atoms with van der Waals surface area (Å²) in [7, 11) is 1.26. The first kappa shape index (κ1) is 19.1. The van der Waals surface area contributed by atoms with Gasteiger partial charge in [0.05, 0.1) is 17.7 Å². The maximum absolute atomic E-state index is 12.5. The number of nitrogens with one attached hydrogen (secondary N) is 1. The van der Waals surface area contributed by atoms with E-state index in [0.717, 1.165) is 0 Å². The van der Waals surface area contributed by atoms with Gasteiger partial charge in [-0.25, -0.2) is 4.79 Å². The van der Waals surface area contributed by atoms with Crippen molar-refractivity contribution in [1.82, 2.24) is 0 Å². The second kappa shape index (κ2) is 7.76. The molecule has 0 bridgehead atoms. The maximum Gasteiger partial charge on any atom is 0.339 e. The fraction of sp³-hybridized carbons (Fsp3) is 0.222. The van der Waals surface area contributed by atoms with Gasteiger partial charge in [0.15, 0.2) is 5.60 Å². The molecule has 0 heterocycles. The van der Waals surface area contributed by atoms with Crippen molar-refractivity contribution in [2.45, 2.75) is 19.4 Å². The average molecular weight is 382 g/mol. The summed E-state index contributed by atoms with van der Waals surface area (Å²) in [6.45, 7) is 3.27. The van der Waals surface area contributed by atoms with Crippen molar-refractivity contribution in [2.24, 2.45) is 0 Å². The van der Waals surface area contributed by atoms with Crippen LogP contribution in [0.1, 0.15) is 24.2 Å². The second-order valence-corrected chi connectivity index (χ2v) is 6.55. The molecule has 0 aromatic heterocycles. The molecule has 132 valence electrons. The third-order valence-corrected chi connectivity index (χ3v) is 3.94. The Kier molecular flexibility index (Phi) is 5.93. The van der Waals surface area contributed by atoms with Gasteiger partial charge in [-0.2, -0.15) is 0 Å². The minimum Gasteiger partial charge on any atom is -0.478 e. The number of esters is 1. The Labute approximate surface area is 155 Å². The number of hydrogen-bond acceptors (Lipinski definition) is 4. The lowest BCUT2D eigenvalue weighted by Gasteiger charge is -2.25. The van der Waals surface area contributed by atoms with E-state index < -0.39 is 11.6 Å². The minimum absolute atomic E-state index is 0.165. The van der Waals surface area contributed by atoms with Crippen LogP contribution in [0, 0.1) is 0 Å². The predicted molar refractivity (Wildman–Crippen MR) is 97.6 cm³/mol. The number of carbonyl (C=O) groups excluding carboxylic acids is 2. The summed E-state index contributed by atoms with van der Waals surface area (Å²) < 4.78 is 10.4. The van der Waals surface area contributed by atoms with Crippen LogP contribution in [0.2, 0.25) is 10.0 Å². The second-order valence-electron chi connectivity index (χ2n) is 5.71. The number of ether oxygens (including phenoxy) is 2. The first-order valence-electron chi connectivity index (χ1n) is 7.37. The van der Waals surface area contributed by atoms with Crippen LogP contribution in [-0.2, 0) is 9.53 Å². The molecule has 2 aromatic rings. The standard InChI is InChI=1S/C18H17Cl2NO4/c1-18(2,25-13-7-4-11(19)5-8-13)17(23)21-12-6-9-15(20)14(10-12)16(22)24-3/h4-10H,1-3H3,(H,21,23). The summed E-state index contributed by atoms with van der Waals surface area (Å²) in [5, 5.41) is 3.52. The Bertz CT molecular complexity index is 788. The molecule has 25 heavy (non-hydrogen) atoms. The number of hydrogen-bond donors (Lipinski definition) is 1. The molecule has 0 unspecified atom stereocenters. The van der Waals surface area contributed by atoms with Crippen LogP contribution >= 0.6 is 23.2 Å². The molecule has 0 radical (unpaired) electrons. The van der Waals surface area contributed by atoms with Crippen LogP contribution in [0.5, 0.6) is 5.75 Å². The quantitative estimate of drug-likeness (QED) is 0.769. The molecule has 2 rings (SSSR count). The molecule has 0 fully saturated rings. The van der Waals surface area contributed by atoms with Gasteiger partial charge in [-0.15, -0.1) is 0 Å². The number of methoxy groups -OCH3 is 1. The van der Waals surface area contributed by atoms with E-state index in [0.29, 0.717) is 16.5 Å². The van der Waals surface area contributed by atoms with Crippen LogP contribution in [0.25, 0.3) is 0 Å². The van der Waals surface area contributed by atoms with Gasteiger partial charge in [-0.05, 0) is 56.3 Å². The molecular formula is C18H17Cl2NO4. The number of benzene rings is 2. The number of carbonyl (C=O) groups is 2. The van der Waals surface area contributed by atoms with Crippen molar-refractivity contribution >= 4 is 40.8 Å². The molecule has 0 spiro atoms. The predicted octanol–water partition coefficient (Wildman–Crippen LogP) is 4.58. The molecular weight excluding hydrogens is 365 g/mol. The molecule has 0 saturated heterocycles. The van der Waals surface area contributed by atoms with Crippen LogP contribution in [0.3, 0.4) is 0 Å². The monoisotopic (exact) mass is 381 g/mol. The lowest BCUT2D eigenvalue weighted by molar-refractivity contribution is -0.128. The summed E-state index contributed by atoms with van der Waals surface area (Å²) in [4.78, 5) is 24.2. The highest BCUT2D eigenvalue weighted by atomic mass is 35.5. The maximum atomic E-state index is 12.5. The zero-order valence-corrected chi connectivity index (χ0v) is 15.4. The topological polar surface area (TPSA) is 64.6 Å². The number of amides is 1. The van der Waals surface area contributed by atoms with E-state index >= 15 is 0 Å². The van der Waals surface area contributed by atoms with E-state index in [4.69, 9.17) is 27.9 Å². The third kappa shape index (κ3) is 4.87. The van der Waals surface area contributed by atoms with Gasteiger partial charge >= 0.3 is 5.97 Å². The average Bonchev–Trinajstić information content (AvgIpc) is 2.57. The normalized spacial score (nSPS) is 10.9. The fourth-order valence-corrected chi connectivity index (χ4v) is 2.32. The van der Waals surface area contributed by atoms with Gasteiger partial charge in [-0.3, -0.25) is 4.79 Å². The van der Waals surface area contributed by atoms with E-state index in [1.807, 2.05) is 0 Å². The van der Waals surface area contributed by atoms with Crippen molar-refractivity contribution < 1.29 is 19.1 Å². The van der Waals surface area contributed by atoms with Gasteiger partial charge < -0.3 is 14.8 Å². The summed E-state index contributed by atoms with van der Waals surface area (Å²) >= 11 is 11.8. The van der Waals surface area contributed by atoms with Crippen LogP contribution in [0.4, 0.5) is 5.69 Å². The van der Waals surface area contributed by atoms with Gasteiger partial charge in [0, 0.05) is 10.7 Å². The summed E-state index contributed by atoms with van der Waals surface area (Å²) in [6.07, 6.45) is 0. The Morgan fingerprint density at radius 3 is 2.28 bits per heavy atom. The van der Waals surface area contributed by atoms with Crippen molar-refractivity contribution in [2.75, 3.05) is 12.4 Å². The highest BCUT2D eigenvalue weighted by Gasteiger charge is 2.30. The largest absolute Gasteiger partial charge is 0.478 e. The Hall–Kier alpha value is -2.24. The van der Waals surface area contributed by atoms with Crippen molar-refractivity contribution in [3.8, 4) is 5.75 Å². The summed E-state index contributed by atoms with van der Waals surface area (Å²) in [6, 6.07) is 11.2. The van der Waals surface area contributed by atoms with Crippen LogP contribution in [-0.4, -0.2) is 24.6 Å². The SMILES string of the molecule is COC(=O)c1cc(NC(=O)C(C)(C)Oc2ccc(Cl)cc2)ccc1Cl. The Morgan fingerprint density at radius 2 is 1.68 bits per heavy atom. The molecule has 0 atom stereocenters. The van der Waals surface area contributed by atoms with E-state index in [1.165, 1.54) is 19.2 Å². The van der Waals surface area contributed by atoms with E-state index in [2.05, 4.69) is 10.1 Å². The number of rotatable bonds is 5. The number of halogens is 2. The lowest BCUT2D eigenvalue weighted by Crippen LogP contribution is -2.42. The van der Waals surface area contributed by atoms with Gasteiger partial charge in [0.25, 0.3) is 5.91 Å². The Balaban J connectivity index is 2.14. The van der Waals surface area contributed by atoms with E-state index in [1.54, 1.807) is 44.2 Å². The zero-order chi connectivity index (χ0) is 18.6. The summed E-state index contributed by atoms with van der Waals surface area (Å²) in [5.41, 5.74) is -0.584. The highest BCUT2D eigenvalue weighted by molar-refractivity contribution is 6.33. The van der Waals surface area contributed by atoms with Gasteiger partial charge in [0.1, 0.15) is 5.75 Å². The molecule has 0 aliphatic carbocycles. The Morgan fingerprint density at radius 1 is 1.04 bits per heavy atom. The molecule has 1 N–H and O–H groups in total. The van der Waals surface area contributed by atoms with Crippen LogP contribution in [0.15, 0.2) is 42.5 Å². The van der Waals surface area contributed by atoms with Gasteiger partial charge in [0.2, 0.25) is 0 Å².